The van der Waals surface area contributed by atoms with Gasteiger partial charge in [-0.3, -0.25) is 0 Å². The zero-order valence-electron chi connectivity index (χ0n) is 10.5. The summed E-state index contributed by atoms with van der Waals surface area (Å²) < 4.78 is 0. The molecule has 6 nitrogen and oxygen atoms in total. The predicted octanol–water partition coefficient (Wildman–Crippen LogP) is 2.40. The molecule has 0 aliphatic rings. The molecule has 100 valence electrons. The Balaban J connectivity index is 1.98. The van der Waals surface area contributed by atoms with Crippen LogP contribution < -0.4 is 0 Å². The molecule has 1 N–H and O–H groups in total. The minimum absolute atomic E-state index is 0.231. The smallest absolute Gasteiger partial charge is 0.347 e. The minimum atomic E-state index is -0.971. The number of carbonyl (C=O) groups is 1. The Bertz CT molecular complexity index is 764. The van der Waals surface area contributed by atoms with E-state index in [1.54, 1.807) is 13.1 Å². The van der Waals surface area contributed by atoms with E-state index >= 15 is 0 Å². The standard InChI is InChI=1S/C13H10N4O2S/c1-8-11(13(18)19)20-12(15-8)10-7-14-17(16-10)9-5-3-2-4-6-9/h2-7H,1H3,(H,18,19). The number of aryl methyl sites for hydroxylation is 1. The molecule has 0 radical (unpaired) electrons. The molecule has 2 aromatic heterocycles. The van der Waals surface area contributed by atoms with Crippen molar-refractivity contribution in [2.24, 2.45) is 0 Å². The summed E-state index contributed by atoms with van der Waals surface area (Å²) in [6.07, 6.45) is 1.58. The van der Waals surface area contributed by atoms with Gasteiger partial charge in [0, 0.05) is 0 Å². The van der Waals surface area contributed by atoms with E-state index in [9.17, 15) is 4.79 Å². The van der Waals surface area contributed by atoms with Crippen molar-refractivity contribution in [3.05, 3.63) is 47.1 Å². The number of hydrogen-bond donors (Lipinski definition) is 1. The van der Waals surface area contributed by atoms with Crippen LogP contribution >= 0.6 is 11.3 Å². The number of para-hydroxylation sites is 1. The number of rotatable bonds is 3. The van der Waals surface area contributed by atoms with Crippen molar-refractivity contribution in [2.45, 2.75) is 6.92 Å². The van der Waals surface area contributed by atoms with Gasteiger partial charge in [-0.15, -0.1) is 16.4 Å². The summed E-state index contributed by atoms with van der Waals surface area (Å²) in [5.74, 6) is -0.971. The van der Waals surface area contributed by atoms with Crippen molar-refractivity contribution in [3.63, 3.8) is 0 Å². The zero-order valence-corrected chi connectivity index (χ0v) is 11.3. The fraction of sp³-hybridized carbons (Fsp3) is 0.0769. The van der Waals surface area contributed by atoms with E-state index in [-0.39, 0.29) is 4.88 Å². The molecule has 1 aromatic carbocycles. The third kappa shape index (κ3) is 2.19. The quantitative estimate of drug-likeness (QED) is 0.799. The Labute approximate surface area is 118 Å². The Hall–Kier alpha value is -2.54. The zero-order chi connectivity index (χ0) is 14.1. The monoisotopic (exact) mass is 286 g/mol. The maximum absolute atomic E-state index is 11.0. The molecule has 0 unspecified atom stereocenters. The molecule has 0 bridgehead atoms. The largest absolute Gasteiger partial charge is 0.477 e. The summed E-state index contributed by atoms with van der Waals surface area (Å²) >= 11 is 1.10. The van der Waals surface area contributed by atoms with Gasteiger partial charge < -0.3 is 5.11 Å². The highest BCUT2D eigenvalue weighted by Crippen LogP contribution is 2.26. The molecule has 0 fully saturated rings. The molecule has 2 heterocycles. The first-order valence-electron chi connectivity index (χ1n) is 5.84. The molecule has 3 rings (SSSR count). The second kappa shape index (κ2) is 4.86. The Morgan fingerprint density at radius 2 is 2.05 bits per heavy atom. The molecule has 20 heavy (non-hydrogen) atoms. The van der Waals surface area contributed by atoms with E-state index in [4.69, 9.17) is 5.11 Å². The molecular weight excluding hydrogens is 276 g/mol. The van der Waals surface area contributed by atoms with Crippen LogP contribution in [0.3, 0.4) is 0 Å². The lowest BCUT2D eigenvalue weighted by molar-refractivity contribution is 0.0701. The van der Waals surface area contributed by atoms with Crippen LogP contribution in [0.5, 0.6) is 0 Å². The van der Waals surface area contributed by atoms with Crippen molar-refractivity contribution in [1.82, 2.24) is 20.0 Å². The Morgan fingerprint density at radius 3 is 2.70 bits per heavy atom. The molecule has 0 saturated carbocycles. The molecule has 7 heteroatoms. The summed E-state index contributed by atoms with van der Waals surface area (Å²) in [7, 11) is 0. The lowest BCUT2D eigenvalue weighted by Gasteiger charge is -1.96. The van der Waals surface area contributed by atoms with Crippen molar-refractivity contribution < 1.29 is 9.90 Å². The van der Waals surface area contributed by atoms with Gasteiger partial charge in [0.1, 0.15) is 15.6 Å². The highest BCUT2D eigenvalue weighted by molar-refractivity contribution is 7.16. The van der Waals surface area contributed by atoms with E-state index in [1.165, 1.54) is 4.80 Å². The second-order valence-electron chi connectivity index (χ2n) is 4.09. The van der Waals surface area contributed by atoms with Crippen LogP contribution in [-0.2, 0) is 0 Å². The fourth-order valence-electron chi connectivity index (χ4n) is 1.75. The summed E-state index contributed by atoms with van der Waals surface area (Å²) in [6, 6.07) is 9.49. The van der Waals surface area contributed by atoms with Crippen molar-refractivity contribution in [2.75, 3.05) is 0 Å². The molecule has 3 aromatic rings. The first kappa shape index (κ1) is 12.5. The topological polar surface area (TPSA) is 80.9 Å². The number of hydrogen-bond acceptors (Lipinski definition) is 5. The number of benzene rings is 1. The molecule has 0 aliphatic heterocycles. The van der Waals surface area contributed by atoms with Crippen molar-refractivity contribution >= 4 is 17.3 Å². The van der Waals surface area contributed by atoms with Gasteiger partial charge in [-0.25, -0.2) is 9.78 Å². The first-order valence-corrected chi connectivity index (χ1v) is 6.65. The molecular formula is C13H10N4O2S. The van der Waals surface area contributed by atoms with E-state index in [1.807, 2.05) is 30.3 Å². The van der Waals surface area contributed by atoms with Crippen LogP contribution in [0.4, 0.5) is 0 Å². The summed E-state index contributed by atoms with van der Waals surface area (Å²) in [5.41, 5.74) is 1.90. The third-order valence-corrected chi connectivity index (χ3v) is 3.86. The number of carboxylic acid groups (broad SMARTS) is 1. The highest BCUT2D eigenvalue weighted by Gasteiger charge is 2.17. The van der Waals surface area contributed by atoms with E-state index < -0.39 is 5.97 Å². The van der Waals surface area contributed by atoms with E-state index in [0.717, 1.165) is 17.0 Å². The van der Waals surface area contributed by atoms with Crippen LogP contribution in [0, 0.1) is 6.92 Å². The molecule has 0 aliphatic carbocycles. The molecule has 0 spiro atoms. The molecule has 0 amide bonds. The van der Waals surface area contributed by atoms with Crippen LogP contribution in [0.2, 0.25) is 0 Å². The Morgan fingerprint density at radius 1 is 1.30 bits per heavy atom. The SMILES string of the molecule is Cc1nc(-c2cnn(-c3ccccc3)n2)sc1C(=O)O. The van der Waals surface area contributed by atoms with Gasteiger partial charge in [0.05, 0.1) is 17.6 Å². The molecule has 0 atom stereocenters. The van der Waals surface area contributed by atoms with Gasteiger partial charge in [0.15, 0.2) is 0 Å². The molecule has 0 saturated heterocycles. The minimum Gasteiger partial charge on any atom is -0.477 e. The average molecular weight is 286 g/mol. The van der Waals surface area contributed by atoms with Gasteiger partial charge >= 0.3 is 5.97 Å². The number of aromatic nitrogens is 4. The van der Waals surface area contributed by atoms with Crippen LogP contribution in [0.25, 0.3) is 16.4 Å². The van der Waals surface area contributed by atoms with Gasteiger partial charge in [-0.05, 0) is 19.1 Å². The van der Waals surface area contributed by atoms with Gasteiger partial charge in [0.2, 0.25) is 0 Å². The summed E-state index contributed by atoms with van der Waals surface area (Å²) in [4.78, 5) is 17.0. The number of aromatic carboxylic acids is 1. The number of thiazole rings is 1. The Kier molecular flexibility index (Phi) is 3.03. The fourth-order valence-corrected chi connectivity index (χ4v) is 2.61. The maximum Gasteiger partial charge on any atom is 0.347 e. The first-order chi connectivity index (χ1) is 9.65. The van der Waals surface area contributed by atoms with Crippen LogP contribution in [0.1, 0.15) is 15.4 Å². The predicted molar refractivity (Wildman–Crippen MR) is 74.2 cm³/mol. The van der Waals surface area contributed by atoms with Gasteiger partial charge in [-0.2, -0.15) is 9.90 Å². The maximum atomic E-state index is 11.0. The second-order valence-corrected chi connectivity index (χ2v) is 5.09. The van der Waals surface area contributed by atoms with Gasteiger partial charge in [0.25, 0.3) is 0 Å². The van der Waals surface area contributed by atoms with E-state index in [0.29, 0.717) is 16.4 Å². The van der Waals surface area contributed by atoms with Gasteiger partial charge in [-0.1, -0.05) is 18.2 Å². The number of nitrogens with zero attached hydrogens (tertiary/aromatic N) is 4. The number of carboxylic acids is 1. The normalized spacial score (nSPS) is 10.7. The average Bonchev–Trinajstić information content (AvgIpc) is 3.06. The van der Waals surface area contributed by atoms with Crippen molar-refractivity contribution in [3.8, 4) is 16.4 Å². The lowest BCUT2D eigenvalue weighted by atomic mass is 10.3. The highest BCUT2D eigenvalue weighted by atomic mass is 32.1. The summed E-state index contributed by atoms with van der Waals surface area (Å²) in [5, 5.41) is 18.1. The van der Waals surface area contributed by atoms with Crippen molar-refractivity contribution in [1.29, 1.82) is 0 Å². The lowest BCUT2D eigenvalue weighted by Crippen LogP contribution is -1.97. The third-order valence-electron chi connectivity index (χ3n) is 2.69. The van der Waals surface area contributed by atoms with Crippen LogP contribution in [0.15, 0.2) is 36.5 Å². The van der Waals surface area contributed by atoms with Crippen LogP contribution in [-0.4, -0.2) is 31.1 Å². The summed E-state index contributed by atoms with van der Waals surface area (Å²) in [6.45, 7) is 1.67. The van der Waals surface area contributed by atoms with E-state index in [2.05, 4.69) is 15.2 Å².